The van der Waals surface area contributed by atoms with Crippen LogP contribution in [0.25, 0.3) is 10.9 Å². The zero-order valence-corrected chi connectivity index (χ0v) is 9.04. The molecule has 0 unspecified atom stereocenters. The van der Waals surface area contributed by atoms with E-state index in [0.717, 1.165) is 6.54 Å². The lowest BCUT2D eigenvalue weighted by Crippen LogP contribution is -3.00. The monoisotopic (exact) mass is 207 g/mol. The van der Waals surface area contributed by atoms with Crippen LogP contribution in [0.3, 0.4) is 0 Å². The number of aryl methyl sites for hydroxylation is 1. The molecule has 1 aromatic carbocycles. The van der Waals surface area contributed by atoms with E-state index in [0.29, 0.717) is 0 Å². The molecular weight excluding hydrogens is 194 g/mol. The van der Waals surface area contributed by atoms with Crippen LogP contribution < -0.4 is 17.0 Å². The normalized spacial score (nSPS) is 9.79. The third-order valence-electron chi connectivity index (χ3n) is 2.25. The van der Waals surface area contributed by atoms with Gasteiger partial charge in [-0.1, -0.05) is 19.1 Å². The van der Waals surface area contributed by atoms with E-state index in [4.69, 9.17) is 0 Å². The number of pyridine rings is 1. The van der Waals surface area contributed by atoms with E-state index in [9.17, 15) is 0 Å². The Balaban J connectivity index is 0.000000980. The van der Waals surface area contributed by atoms with Crippen molar-refractivity contribution in [1.29, 1.82) is 0 Å². The highest BCUT2D eigenvalue weighted by Crippen LogP contribution is 2.07. The Hall–Kier alpha value is -1.08. The standard InChI is InChI=1S/C12H14N.ClH/c1-2-9-13-10-5-7-11-6-3-4-8-12(11)13;/h3-8,10H,2,9H2,1H3;1H/q+1;/p-1. The summed E-state index contributed by atoms with van der Waals surface area (Å²) < 4.78 is 2.30. The summed E-state index contributed by atoms with van der Waals surface area (Å²) in [6.45, 7) is 3.30. The van der Waals surface area contributed by atoms with Crippen LogP contribution in [-0.4, -0.2) is 0 Å². The lowest BCUT2D eigenvalue weighted by Gasteiger charge is -1.98. The molecule has 0 N–H and O–H groups in total. The third-order valence-corrected chi connectivity index (χ3v) is 2.25. The number of hydrogen-bond acceptors (Lipinski definition) is 0. The van der Waals surface area contributed by atoms with Gasteiger partial charge in [0.2, 0.25) is 5.52 Å². The highest BCUT2D eigenvalue weighted by molar-refractivity contribution is 5.74. The average Bonchev–Trinajstić information content (AvgIpc) is 2.19. The van der Waals surface area contributed by atoms with Gasteiger partial charge in [0.05, 0.1) is 0 Å². The largest absolute Gasteiger partial charge is 1.00 e. The Morgan fingerprint density at radius 2 is 1.79 bits per heavy atom. The summed E-state index contributed by atoms with van der Waals surface area (Å²) in [6.07, 6.45) is 3.32. The maximum atomic E-state index is 2.30. The van der Waals surface area contributed by atoms with E-state index in [-0.39, 0.29) is 12.4 Å². The Labute approximate surface area is 90.8 Å². The van der Waals surface area contributed by atoms with Gasteiger partial charge < -0.3 is 12.4 Å². The second kappa shape index (κ2) is 4.97. The molecule has 0 radical (unpaired) electrons. The first-order chi connectivity index (χ1) is 6.42. The molecule has 2 heteroatoms. The van der Waals surface area contributed by atoms with Crippen molar-refractivity contribution in [3.63, 3.8) is 0 Å². The molecule has 0 aliphatic heterocycles. The molecule has 1 aromatic heterocycles. The highest BCUT2D eigenvalue weighted by Gasteiger charge is 2.04. The van der Waals surface area contributed by atoms with Gasteiger partial charge in [-0.05, 0) is 12.1 Å². The van der Waals surface area contributed by atoms with Crippen molar-refractivity contribution in [1.82, 2.24) is 0 Å². The fourth-order valence-corrected chi connectivity index (χ4v) is 1.66. The van der Waals surface area contributed by atoms with Crippen LogP contribution in [0.5, 0.6) is 0 Å². The zero-order valence-electron chi connectivity index (χ0n) is 8.28. The summed E-state index contributed by atoms with van der Waals surface area (Å²) in [6, 6.07) is 12.8. The number of hydrogen-bond donors (Lipinski definition) is 0. The van der Waals surface area contributed by atoms with Crippen molar-refractivity contribution in [3.8, 4) is 0 Å². The van der Waals surface area contributed by atoms with Crippen molar-refractivity contribution in [2.75, 3.05) is 0 Å². The summed E-state index contributed by atoms with van der Waals surface area (Å²) >= 11 is 0. The number of nitrogens with zero attached hydrogens (tertiary/aromatic N) is 1. The first-order valence-electron chi connectivity index (χ1n) is 4.79. The molecular formula is C12H14ClN. The van der Waals surface area contributed by atoms with Gasteiger partial charge >= 0.3 is 0 Å². The summed E-state index contributed by atoms with van der Waals surface area (Å²) in [5.41, 5.74) is 1.33. The van der Waals surface area contributed by atoms with Gasteiger partial charge in [0, 0.05) is 23.9 Å². The molecule has 2 aromatic rings. The van der Waals surface area contributed by atoms with Gasteiger partial charge in [0.25, 0.3) is 0 Å². The molecule has 0 amide bonds. The second-order valence-electron chi connectivity index (χ2n) is 3.26. The highest BCUT2D eigenvalue weighted by atomic mass is 35.5. The van der Waals surface area contributed by atoms with Crippen molar-refractivity contribution in [2.24, 2.45) is 0 Å². The number of rotatable bonds is 2. The molecule has 0 aliphatic rings. The predicted molar refractivity (Wildman–Crippen MR) is 54.4 cm³/mol. The molecule has 1 heterocycles. The van der Waals surface area contributed by atoms with E-state index < -0.39 is 0 Å². The maximum absolute atomic E-state index is 2.30. The average molecular weight is 208 g/mol. The van der Waals surface area contributed by atoms with Crippen molar-refractivity contribution >= 4 is 10.9 Å². The number of benzene rings is 1. The molecule has 14 heavy (non-hydrogen) atoms. The molecule has 0 saturated carbocycles. The molecule has 2 rings (SSSR count). The molecule has 1 nitrogen and oxygen atoms in total. The van der Waals surface area contributed by atoms with Gasteiger partial charge in [0.15, 0.2) is 6.20 Å². The smallest absolute Gasteiger partial charge is 0.212 e. The summed E-state index contributed by atoms with van der Waals surface area (Å²) in [5.74, 6) is 0. The first kappa shape index (κ1) is 11.0. The lowest BCUT2D eigenvalue weighted by atomic mass is 10.2. The SMILES string of the molecule is CCC[n+]1cccc2ccccc21.[Cl-]. The van der Waals surface area contributed by atoms with Gasteiger partial charge in [-0.15, -0.1) is 0 Å². The molecule has 0 aliphatic carbocycles. The van der Waals surface area contributed by atoms with Gasteiger partial charge in [0.1, 0.15) is 6.54 Å². The van der Waals surface area contributed by atoms with Crippen molar-refractivity contribution < 1.29 is 17.0 Å². The minimum absolute atomic E-state index is 0. The molecule has 74 valence electrons. The Bertz CT molecular complexity index is 406. The van der Waals surface area contributed by atoms with Crippen molar-refractivity contribution in [2.45, 2.75) is 19.9 Å². The summed E-state index contributed by atoms with van der Waals surface area (Å²) in [4.78, 5) is 0. The minimum Gasteiger partial charge on any atom is -1.00 e. The number of halogens is 1. The number of para-hydroxylation sites is 1. The number of fused-ring (bicyclic) bond motifs is 1. The van der Waals surface area contributed by atoms with Crippen LogP contribution in [0.4, 0.5) is 0 Å². The zero-order chi connectivity index (χ0) is 9.10. The Morgan fingerprint density at radius 3 is 2.57 bits per heavy atom. The Kier molecular flexibility index (Phi) is 3.90. The summed E-state index contributed by atoms with van der Waals surface area (Å²) in [7, 11) is 0. The van der Waals surface area contributed by atoms with Crippen LogP contribution in [0, 0.1) is 0 Å². The lowest BCUT2D eigenvalue weighted by molar-refractivity contribution is -0.671. The summed E-state index contributed by atoms with van der Waals surface area (Å²) in [5, 5.41) is 1.32. The van der Waals surface area contributed by atoms with Crippen LogP contribution >= 0.6 is 0 Å². The van der Waals surface area contributed by atoms with E-state index in [1.54, 1.807) is 0 Å². The van der Waals surface area contributed by atoms with E-state index in [2.05, 4.69) is 54.1 Å². The van der Waals surface area contributed by atoms with E-state index in [1.165, 1.54) is 17.3 Å². The van der Waals surface area contributed by atoms with E-state index in [1.807, 2.05) is 0 Å². The molecule has 0 spiro atoms. The van der Waals surface area contributed by atoms with Crippen LogP contribution in [0.1, 0.15) is 13.3 Å². The quantitative estimate of drug-likeness (QED) is 0.587. The molecule has 0 fully saturated rings. The maximum Gasteiger partial charge on any atom is 0.212 e. The predicted octanol–water partition coefficient (Wildman–Crippen LogP) is -0.459. The molecule has 0 saturated heterocycles. The minimum atomic E-state index is 0. The number of aromatic nitrogens is 1. The molecule has 0 atom stereocenters. The van der Waals surface area contributed by atoms with Crippen LogP contribution in [-0.2, 0) is 6.54 Å². The first-order valence-corrected chi connectivity index (χ1v) is 4.79. The fourth-order valence-electron chi connectivity index (χ4n) is 1.66. The van der Waals surface area contributed by atoms with Crippen LogP contribution in [0.15, 0.2) is 42.6 Å². The van der Waals surface area contributed by atoms with Gasteiger partial charge in [-0.3, -0.25) is 0 Å². The van der Waals surface area contributed by atoms with E-state index >= 15 is 0 Å². The second-order valence-corrected chi connectivity index (χ2v) is 3.26. The topological polar surface area (TPSA) is 3.88 Å². The van der Waals surface area contributed by atoms with Gasteiger partial charge in [-0.2, -0.15) is 4.57 Å². The van der Waals surface area contributed by atoms with Crippen LogP contribution in [0.2, 0.25) is 0 Å². The van der Waals surface area contributed by atoms with Gasteiger partial charge in [-0.25, -0.2) is 0 Å². The van der Waals surface area contributed by atoms with Crippen molar-refractivity contribution in [3.05, 3.63) is 42.6 Å². The Morgan fingerprint density at radius 1 is 1.07 bits per heavy atom. The molecule has 0 bridgehead atoms. The third kappa shape index (κ3) is 2.05. The fraction of sp³-hybridized carbons (Fsp3) is 0.250.